The smallest absolute Gasteiger partial charge is 0.408 e. The molecule has 3 heterocycles. The fourth-order valence-corrected chi connectivity index (χ4v) is 9.91. The zero-order valence-electron chi connectivity index (χ0n) is 33.5. The van der Waals surface area contributed by atoms with Crippen LogP contribution in [0.1, 0.15) is 86.0 Å². The number of ether oxygens (including phenoxy) is 2. The molecule has 4 amide bonds. The van der Waals surface area contributed by atoms with Crippen LogP contribution in [-0.4, -0.2) is 106 Å². The lowest BCUT2D eigenvalue weighted by molar-refractivity contribution is -0.219. The molecule has 2 aliphatic carbocycles. The second-order valence-corrected chi connectivity index (χ2v) is 18.8. The molecule has 1 aromatic carbocycles. The molecule has 1 aromatic heterocycles. The highest BCUT2D eigenvalue weighted by Gasteiger charge is 2.71. The first-order chi connectivity index (χ1) is 27.2. The Bertz CT molecular complexity index is 2100. The standard InChI is InChI=1S/C40H52F3N5O9S/c1-7-25(4)47(36(52)53)31-24(3)18-23(2)10-8-9-11-27-20-39(27,35(51)46-58(54,55)38(22-41)15-16-38)45-32(49)30-21-37(5,40(42,43)48(30)34(31)50)57-33-29-13-12-28(56-6)19-26(29)14-17-44-33/h9,11-14,17,19,23-25,27,30-31H,7-8,10,15-16,18,20-22H2,1-6H3,(H,45,49)(H,46,51)(H,52,53)/b11-9-/t23-,24-,25?,27-,30+,31+,37-,39-/m1/s1. The first-order valence-electron chi connectivity index (χ1n) is 19.7. The summed E-state index contributed by atoms with van der Waals surface area (Å²) in [5, 5.41) is 13.9. The van der Waals surface area contributed by atoms with E-state index in [1.165, 1.54) is 13.3 Å². The van der Waals surface area contributed by atoms with Gasteiger partial charge in [-0.15, -0.1) is 0 Å². The summed E-state index contributed by atoms with van der Waals surface area (Å²) in [5.74, 6) is -5.17. The van der Waals surface area contributed by atoms with Gasteiger partial charge in [-0.1, -0.05) is 32.9 Å². The van der Waals surface area contributed by atoms with Crippen molar-refractivity contribution in [2.45, 2.75) is 126 Å². The van der Waals surface area contributed by atoms with Gasteiger partial charge in [0.05, 0.1) is 7.11 Å². The SMILES string of the molecule is CCC(C)N(C(=O)O)[C@@H]1C(=O)N2[C@@H](C[C@@](C)(Oc3nccc4cc(OC)ccc34)C2(F)F)C(=O)N[C@]2(C(=O)NS(=O)(=O)C3(CF)CC3)C[C@H]2/C=C\CC[C@@H](C)C[C@H]1C. The van der Waals surface area contributed by atoms with E-state index in [0.29, 0.717) is 29.4 Å². The lowest BCUT2D eigenvalue weighted by Crippen LogP contribution is -2.64. The molecule has 18 heteroatoms. The van der Waals surface area contributed by atoms with Crippen LogP contribution in [0.4, 0.5) is 18.0 Å². The number of alkyl halides is 3. The Labute approximate surface area is 335 Å². The first kappa shape index (κ1) is 43.0. The zero-order chi connectivity index (χ0) is 42.6. The summed E-state index contributed by atoms with van der Waals surface area (Å²) in [6.45, 7) is 6.58. The van der Waals surface area contributed by atoms with Crippen molar-refractivity contribution in [3.8, 4) is 11.6 Å². The van der Waals surface area contributed by atoms with E-state index in [1.54, 1.807) is 57.2 Å². The van der Waals surface area contributed by atoms with E-state index >= 15 is 13.6 Å². The van der Waals surface area contributed by atoms with Gasteiger partial charge in [-0.3, -0.25) is 28.9 Å². The Morgan fingerprint density at radius 3 is 2.50 bits per heavy atom. The van der Waals surface area contributed by atoms with Gasteiger partial charge in [0.15, 0.2) is 5.60 Å². The van der Waals surface area contributed by atoms with E-state index in [4.69, 9.17) is 9.47 Å². The fraction of sp³-hybridized carbons (Fsp3) is 0.625. The lowest BCUT2D eigenvalue weighted by atomic mass is 9.86. The van der Waals surface area contributed by atoms with Crippen molar-refractivity contribution in [2.24, 2.45) is 17.8 Å². The molecule has 0 radical (unpaired) electrons. The van der Waals surface area contributed by atoms with E-state index in [2.05, 4.69) is 10.3 Å². The number of sulfonamides is 1. The maximum atomic E-state index is 17.6. The van der Waals surface area contributed by atoms with Gasteiger partial charge in [-0.2, -0.15) is 8.78 Å². The van der Waals surface area contributed by atoms with Gasteiger partial charge in [0.1, 0.15) is 34.8 Å². The summed E-state index contributed by atoms with van der Waals surface area (Å²) in [7, 11) is -3.08. The quantitative estimate of drug-likeness (QED) is 0.202. The van der Waals surface area contributed by atoms with Crippen LogP contribution < -0.4 is 19.5 Å². The third-order valence-corrected chi connectivity index (χ3v) is 14.7. The van der Waals surface area contributed by atoms with Gasteiger partial charge < -0.3 is 19.9 Å². The van der Waals surface area contributed by atoms with Crippen molar-refractivity contribution in [1.29, 1.82) is 0 Å². The second-order valence-electron chi connectivity index (χ2n) is 16.7. The summed E-state index contributed by atoms with van der Waals surface area (Å²) in [4.78, 5) is 61.7. The molecule has 3 N–H and O–H groups in total. The number of hydrogen-bond donors (Lipinski definition) is 3. The largest absolute Gasteiger partial charge is 0.497 e. The maximum absolute atomic E-state index is 17.6. The highest BCUT2D eigenvalue weighted by atomic mass is 32.2. The number of amides is 4. The minimum absolute atomic E-state index is 0.0114. The van der Waals surface area contributed by atoms with Gasteiger partial charge >= 0.3 is 12.1 Å². The Kier molecular flexibility index (Phi) is 11.5. The van der Waals surface area contributed by atoms with Gasteiger partial charge in [0.25, 0.3) is 11.8 Å². The number of nitrogens with zero attached hydrogens (tertiary/aromatic N) is 3. The van der Waals surface area contributed by atoms with E-state index in [-0.39, 0.29) is 48.8 Å². The number of hydrogen-bond acceptors (Lipinski definition) is 9. The number of carbonyl (C=O) groups excluding carboxylic acids is 3. The van der Waals surface area contributed by atoms with Crippen LogP contribution in [0.5, 0.6) is 11.6 Å². The summed E-state index contributed by atoms with van der Waals surface area (Å²) >= 11 is 0. The summed E-state index contributed by atoms with van der Waals surface area (Å²) in [5.41, 5.74) is -4.61. The minimum atomic E-state index is -4.54. The van der Waals surface area contributed by atoms with Crippen molar-refractivity contribution < 1.29 is 55.3 Å². The molecular formula is C40H52F3N5O9S. The number of methoxy groups -OCH3 is 1. The molecule has 318 valence electrons. The first-order valence-corrected chi connectivity index (χ1v) is 21.1. The Balaban J connectivity index is 1.47. The molecular weight excluding hydrogens is 784 g/mol. The number of benzene rings is 1. The van der Waals surface area contributed by atoms with Crippen molar-refractivity contribution in [3.05, 3.63) is 42.6 Å². The minimum Gasteiger partial charge on any atom is -0.497 e. The van der Waals surface area contributed by atoms with E-state index < -0.39 is 98.8 Å². The summed E-state index contributed by atoms with van der Waals surface area (Å²) in [6, 6.07) is -2.42. The maximum Gasteiger partial charge on any atom is 0.408 e. The second kappa shape index (κ2) is 15.5. The molecule has 0 spiro atoms. The molecule has 2 saturated carbocycles. The number of allylic oxidation sites excluding steroid dienone is 1. The number of aromatic nitrogens is 1. The average molecular weight is 836 g/mol. The van der Waals surface area contributed by atoms with Crippen molar-refractivity contribution in [3.63, 3.8) is 0 Å². The van der Waals surface area contributed by atoms with Gasteiger partial charge in [-0.25, -0.2) is 22.6 Å². The molecule has 4 aliphatic rings. The van der Waals surface area contributed by atoms with Crippen LogP contribution in [0.3, 0.4) is 0 Å². The Morgan fingerprint density at radius 1 is 1.17 bits per heavy atom. The average Bonchev–Trinajstić information content (AvgIpc) is 4.09. The number of pyridine rings is 1. The van der Waals surface area contributed by atoms with Gasteiger partial charge in [-0.05, 0) is 100 Å². The fourth-order valence-electron chi connectivity index (χ4n) is 8.49. The number of nitrogens with one attached hydrogen (secondary N) is 2. The third kappa shape index (κ3) is 7.44. The highest BCUT2D eigenvalue weighted by molar-refractivity contribution is 7.91. The van der Waals surface area contributed by atoms with Crippen LogP contribution in [0.15, 0.2) is 42.6 Å². The number of rotatable bonds is 10. The van der Waals surface area contributed by atoms with E-state index in [0.717, 1.165) is 11.8 Å². The molecule has 6 rings (SSSR count). The zero-order valence-corrected chi connectivity index (χ0v) is 34.3. The van der Waals surface area contributed by atoms with E-state index in [1.807, 2.05) is 11.6 Å². The topological polar surface area (TPSA) is 185 Å². The van der Waals surface area contributed by atoms with Gasteiger partial charge in [0, 0.05) is 30.0 Å². The van der Waals surface area contributed by atoms with Gasteiger partial charge in [0.2, 0.25) is 21.8 Å². The molecule has 2 aliphatic heterocycles. The van der Waals surface area contributed by atoms with Crippen LogP contribution in [0.25, 0.3) is 10.8 Å². The monoisotopic (exact) mass is 835 g/mol. The summed E-state index contributed by atoms with van der Waals surface area (Å²) < 4.78 is 87.0. The number of fused-ring (bicyclic) bond motifs is 3. The Morgan fingerprint density at radius 2 is 1.88 bits per heavy atom. The molecule has 3 fully saturated rings. The predicted octanol–water partition coefficient (Wildman–Crippen LogP) is 5.56. The van der Waals surface area contributed by atoms with Crippen LogP contribution in [-0.2, 0) is 24.4 Å². The molecule has 14 nitrogen and oxygen atoms in total. The number of carbonyl (C=O) groups is 4. The Hall–Kier alpha value is -4.61. The van der Waals surface area contributed by atoms with Crippen molar-refractivity contribution >= 4 is 44.6 Å². The molecule has 1 saturated heterocycles. The normalized spacial score (nSPS) is 31.7. The molecule has 1 unspecified atom stereocenters. The van der Waals surface area contributed by atoms with Crippen LogP contribution in [0.2, 0.25) is 0 Å². The van der Waals surface area contributed by atoms with Crippen LogP contribution >= 0.6 is 0 Å². The highest BCUT2D eigenvalue weighted by Crippen LogP contribution is 2.51. The number of carboxylic acid groups (broad SMARTS) is 1. The van der Waals surface area contributed by atoms with Crippen LogP contribution in [0, 0.1) is 17.8 Å². The molecule has 2 aromatic rings. The third-order valence-electron chi connectivity index (χ3n) is 12.6. The molecule has 58 heavy (non-hydrogen) atoms. The molecule has 8 atom stereocenters. The lowest BCUT2D eigenvalue weighted by Gasteiger charge is -2.42. The van der Waals surface area contributed by atoms with Crippen molar-refractivity contribution in [2.75, 3.05) is 13.8 Å². The summed E-state index contributed by atoms with van der Waals surface area (Å²) in [6.07, 6.45) is 3.82. The van der Waals surface area contributed by atoms with Crippen molar-refractivity contribution in [1.82, 2.24) is 24.8 Å². The number of halogens is 3. The predicted molar refractivity (Wildman–Crippen MR) is 206 cm³/mol. The van der Waals surface area contributed by atoms with E-state index in [9.17, 15) is 32.3 Å². The molecule has 0 bridgehead atoms.